The van der Waals surface area contributed by atoms with Crippen LogP contribution in [0.15, 0.2) is 0 Å². The fourth-order valence-electron chi connectivity index (χ4n) is 8.90. The van der Waals surface area contributed by atoms with Crippen molar-refractivity contribution in [3.05, 3.63) is 0 Å². The number of carbonyl (C=O) groups is 2. The molecule has 0 unspecified atom stereocenters. The predicted molar refractivity (Wildman–Crippen MR) is 113 cm³/mol. The van der Waals surface area contributed by atoms with Crippen LogP contribution in [0, 0.1) is 46.3 Å². The molecule has 0 aromatic heterocycles. The molecule has 0 heterocycles. The van der Waals surface area contributed by atoms with E-state index in [0.717, 1.165) is 51.4 Å². The molecule has 0 saturated heterocycles. The van der Waals surface area contributed by atoms with E-state index >= 15 is 0 Å². The number of hydrogen-bond donors (Lipinski definition) is 1. The van der Waals surface area contributed by atoms with E-state index < -0.39 is 0 Å². The first-order chi connectivity index (χ1) is 14.1. The molecule has 0 amide bonds. The summed E-state index contributed by atoms with van der Waals surface area (Å²) in [6.07, 6.45) is 7.91. The highest BCUT2D eigenvalue weighted by Gasteiger charge is 2.64. The summed E-state index contributed by atoms with van der Waals surface area (Å²) in [5, 5.41) is 11.5. The fourth-order valence-corrected chi connectivity index (χ4v) is 8.90. The van der Waals surface area contributed by atoms with Gasteiger partial charge in [-0.1, -0.05) is 20.8 Å². The maximum atomic E-state index is 12.3. The number of methoxy groups -OCH3 is 1. The van der Waals surface area contributed by atoms with E-state index in [9.17, 15) is 14.7 Å². The molecule has 10 atom stereocenters. The van der Waals surface area contributed by atoms with Gasteiger partial charge in [0.05, 0.1) is 19.1 Å². The van der Waals surface area contributed by atoms with E-state index in [4.69, 9.17) is 9.47 Å². The normalized spacial score (nSPS) is 48.7. The van der Waals surface area contributed by atoms with Gasteiger partial charge in [-0.25, -0.2) is 0 Å². The first-order valence-electron chi connectivity index (χ1n) is 12.0. The molecule has 4 rings (SSSR count). The highest BCUT2D eigenvalue weighted by Crippen LogP contribution is 2.68. The average Bonchev–Trinajstić information content (AvgIpc) is 3.02. The molecule has 0 aromatic carbocycles. The van der Waals surface area contributed by atoms with Crippen molar-refractivity contribution >= 4 is 11.9 Å². The topological polar surface area (TPSA) is 72.8 Å². The molecule has 4 fully saturated rings. The fraction of sp³-hybridized carbons (Fsp3) is 0.920. The van der Waals surface area contributed by atoms with Gasteiger partial charge in [0.25, 0.3) is 0 Å². The first kappa shape index (κ1) is 22.1. The van der Waals surface area contributed by atoms with Crippen molar-refractivity contribution in [1.82, 2.24) is 0 Å². The largest absolute Gasteiger partial charge is 0.469 e. The molecule has 0 aliphatic heterocycles. The number of hydrogen-bond acceptors (Lipinski definition) is 5. The van der Waals surface area contributed by atoms with Gasteiger partial charge in [-0.15, -0.1) is 0 Å². The summed E-state index contributed by atoms with van der Waals surface area (Å²) >= 11 is 0. The van der Waals surface area contributed by atoms with E-state index in [1.807, 2.05) is 6.92 Å². The number of fused-ring (bicyclic) bond motifs is 5. The Balaban J connectivity index is 1.56. The third-order valence-electron chi connectivity index (χ3n) is 10.1. The van der Waals surface area contributed by atoms with Crippen LogP contribution in [0.1, 0.15) is 79.1 Å². The van der Waals surface area contributed by atoms with E-state index in [2.05, 4.69) is 13.8 Å². The Morgan fingerprint density at radius 2 is 1.80 bits per heavy atom. The minimum Gasteiger partial charge on any atom is -0.469 e. The molecule has 5 heteroatoms. The van der Waals surface area contributed by atoms with Crippen molar-refractivity contribution in [2.75, 3.05) is 7.11 Å². The van der Waals surface area contributed by atoms with Crippen LogP contribution in [0.5, 0.6) is 0 Å². The van der Waals surface area contributed by atoms with Crippen LogP contribution in [0.2, 0.25) is 0 Å². The minimum absolute atomic E-state index is 0.00628. The Morgan fingerprint density at radius 3 is 2.47 bits per heavy atom. The van der Waals surface area contributed by atoms with Crippen molar-refractivity contribution < 1.29 is 24.2 Å². The summed E-state index contributed by atoms with van der Waals surface area (Å²) < 4.78 is 10.6. The molecule has 0 aromatic rings. The summed E-state index contributed by atoms with van der Waals surface area (Å²) in [7, 11) is 1.48. The smallest absolute Gasteiger partial charge is 0.308 e. The number of aliphatic hydroxyl groups is 1. The number of carbonyl (C=O) groups excluding carboxylic acids is 2. The second-order valence-electron chi connectivity index (χ2n) is 11.4. The van der Waals surface area contributed by atoms with Gasteiger partial charge in [0.1, 0.15) is 6.10 Å². The van der Waals surface area contributed by atoms with Crippen molar-refractivity contribution in [1.29, 1.82) is 0 Å². The van der Waals surface area contributed by atoms with Gasteiger partial charge in [0, 0.05) is 6.92 Å². The number of aliphatic hydroxyl groups excluding tert-OH is 1. The zero-order valence-corrected chi connectivity index (χ0v) is 19.4. The zero-order chi connectivity index (χ0) is 21.8. The lowest BCUT2D eigenvalue weighted by Gasteiger charge is -2.62. The molecule has 1 N–H and O–H groups in total. The van der Waals surface area contributed by atoms with Gasteiger partial charge in [-0.2, -0.15) is 0 Å². The molecule has 30 heavy (non-hydrogen) atoms. The van der Waals surface area contributed by atoms with Crippen LogP contribution < -0.4 is 0 Å². The van der Waals surface area contributed by atoms with Gasteiger partial charge in [0.15, 0.2) is 0 Å². The molecule has 0 spiro atoms. The summed E-state index contributed by atoms with van der Waals surface area (Å²) in [6.45, 7) is 8.24. The van der Waals surface area contributed by atoms with Crippen LogP contribution in [0.25, 0.3) is 0 Å². The van der Waals surface area contributed by atoms with Gasteiger partial charge in [-0.3, -0.25) is 9.59 Å². The Labute approximate surface area is 181 Å². The molecule has 0 bridgehead atoms. The lowest BCUT2D eigenvalue weighted by Crippen LogP contribution is -2.59. The van der Waals surface area contributed by atoms with Crippen LogP contribution in [0.4, 0.5) is 0 Å². The molecular formula is C25H40O5. The molecular weight excluding hydrogens is 380 g/mol. The average molecular weight is 421 g/mol. The van der Waals surface area contributed by atoms with E-state index in [1.165, 1.54) is 14.0 Å². The summed E-state index contributed by atoms with van der Waals surface area (Å²) in [5.41, 5.74) is 0.124. The number of rotatable bonds is 3. The van der Waals surface area contributed by atoms with Crippen LogP contribution in [-0.2, 0) is 19.1 Å². The first-order valence-corrected chi connectivity index (χ1v) is 12.0. The molecule has 4 aliphatic carbocycles. The molecule has 0 radical (unpaired) electrons. The lowest BCUT2D eigenvalue weighted by molar-refractivity contribution is -0.187. The van der Waals surface area contributed by atoms with Crippen molar-refractivity contribution in [2.24, 2.45) is 46.3 Å². The summed E-state index contributed by atoms with van der Waals surface area (Å²) in [6, 6.07) is 0. The summed E-state index contributed by atoms with van der Waals surface area (Å²) in [5.74, 6) is 1.82. The van der Waals surface area contributed by atoms with Crippen molar-refractivity contribution in [3.63, 3.8) is 0 Å². The van der Waals surface area contributed by atoms with Crippen molar-refractivity contribution in [2.45, 2.75) is 91.3 Å². The minimum atomic E-state index is -0.320. The second-order valence-corrected chi connectivity index (χ2v) is 11.4. The van der Waals surface area contributed by atoms with E-state index in [1.54, 1.807) is 0 Å². The number of esters is 2. The van der Waals surface area contributed by atoms with Crippen LogP contribution in [-0.4, -0.2) is 36.4 Å². The van der Waals surface area contributed by atoms with Gasteiger partial charge < -0.3 is 14.6 Å². The van der Waals surface area contributed by atoms with Crippen LogP contribution in [0.3, 0.4) is 0 Å². The third kappa shape index (κ3) is 3.30. The maximum Gasteiger partial charge on any atom is 0.308 e. The van der Waals surface area contributed by atoms with Gasteiger partial charge in [0.2, 0.25) is 0 Å². The van der Waals surface area contributed by atoms with Crippen molar-refractivity contribution in [3.8, 4) is 0 Å². The SMILES string of the molecule is COC(=O)[C@@H](C)[C@H]1CC[C@H]2[C@@H]3CC[C@H]4C[C@H](OC(C)=O)CC[C@]4(C)[C@H]3[C@H](O)C[C@]12C. The molecule has 4 aliphatic rings. The Hall–Kier alpha value is -1.10. The van der Waals surface area contributed by atoms with Gasteiger partial charge >= 0.3 is 11.9 Å². The Kier molecular flexibility index (Phi) is 5.74. The quantitative estimate of drug-likeness (QED) is 0.687. The monoisotopic (exact) mass is 420 g/mol. The number of ether oxygens (including phenoxy) is 2. The third-order valence-corrected chi connectivity index (χ3v) is 10.1. The van der Waals surface area contributed by atoms with E-state index in [0.29, 0.717) is 23.7 Å². The Morgan fingerprint density at radius 1 is 1.07 bits per heavy atom. The molecule has 4 saturated carbocycles. The highest BCUT2D eigenvalue weighted by atomic mass is 16.5. The van der Waals surface area contributed by atoms with Crippen LogP contribution >= 0.6 is 0 Å². The highest BCUT2D eigenvalue weighted by molar-refractivity contribution is 5.72. The van der Waals surface area contributed by atoms with Gasteiger partial charge in [-0.05, 0) is 91.8 Å². The molecule has 5 nitrogen and oxygen atoms in total. The predicted octanol–water partition coefficient (Wildman–Crippen LogP) is 4.36. The second kappa shape index (κ2) is 7.79. The summed E-state index contributed by atoms with van der Waals surface area (Å²) in [4.78, 5) is 23.8. The Bertz CT molecular complexity index is 691. The molecule has 170 valence electrons. The maximum absolute atomic E-state index is 12.3. The zero-order valence-electron chi connectivity index (χ0n) is 19.4. The lowest BCUT2D eigenvalue weighted by atomic mass is 9.43. The van der Waals surface area contributed by atoms with E-state index in [-0.39, 0.29) is 46.8 Å². The standard InChI is InChI=1S/C25H40O5/c1-14(23(28)29-5)19-8-9-20-18-7-6-16-12-17(30-15(2)26)10-11-24(16,3)22(18)21(27)13-25(19,20)4/h14,16-22,27H,6-13H2,1-5H3/t14-,16-,17+,18-,19+,20-,21+,22+,24-,25+/m0/s1.